The van der Waals surface area contributed by atoms with Crippen molar-refractivity contribution in [2.24, 2.45) is 23.7 Å². The van der Waals surface area contributed by atoms with Crippen molar-refractivity contribution in [2.75, 3.05) is 6.54 Å². The molecule has 1 nitrogen and oxygen atoms in total. The Bertz CT molecular complexity index is 295. The van der Waals surface area contributed by atoms with E-state index in [0.29, 0.717) is 6.04 Å². The predicted octanol–water partition coefficient (Wildman–Crippen LogP) is 4.48. The maximum Gasteiger partial charge on any atom is 0.00913 e. The summed E-state index contributed by atoms with van der Waals surface area (Å²) < 4.78 is 0. The molecule has 1 aliphatic rings. The zero-order chi connectivity index (χ0) is 14.3. The van der Waals surface area contributed by atoms with Gasteiger partial charge in [-0.1, -0.05) is 27.7 Å². The van der Waals surface area contributed by atoms with Crippen molar-refractivity contribution < 1.29 is 0 Å². The zero-order valence-electron chi connectivity index (χ0n) is 13.6. The van der Waals surface area contributed by atoms with E-state index in [-0.39, 0.29) is 0 Å². The highest BCUT2D eigenvalue weighted by Gasteiger charge is 2.31. The molecule has 1 fully saturated rings. The fraction of sp³-hybridized carbons (Fsp3) is 0.889. The van der Waals surface area contributed by atoms with E-state index < -0.39 is 0 Å². The average Bonchev–Trinajstić information content (AvgIpc) is 2.37. The van der Waals surface area contributed by atoms with Gasteiger partial charge in [0, 0.05) is 12.5 Å². The molecule has 0 aromatic rings. The lowest BCUT2D eigenvalue weighted by molar-refractivity contribution is 0.137. The van der Waals surface area contributed by atoms with Crippen LogP contribution in [0.15, 0.2) is 0 Å². The molecule has 110 valence electrons. The van der Waals surface area contributed by atoms with Crippen molar-refractivity contribution in [3.8, 4) is 11.8 Å². The minimum Gasteiger partial charge on any atom is -0.314 e. The van der Waals surface area contributed by atoms with Crippen LogP contribution in [0.5, 0.6) is 0 Å². The highest BCUT2D eigenvalue weighted by molar-refractivity contribution is 4.96. The normalized spacial score (nSPS) is 27.4. The third kappa shape index (κ3) is 6.00. The summed E-state index contributed by atoms with van der Waals surface area (Å²) in [4.78, 5) is 0. The minimum atomic E-state index is 0.610. The van der Waals surface area contributed by atoms with Gasteiger partial charge in [0.15, 0.2) is 0 Å². The zero-order valence-corrected chi connectivity index (χ0v) is 13.6. The lowest BCUT2D eigenvalue weighted by Gasteiger charge is -2.38. The van der Waals surface area contributed by atoms with E-state index in [1.807, 2.05) is 6.92 Å². The summed E-state index contributed by atoms with van der Waals surface area (Å²) in [6.45, 7) is 12.4. The lowest BCUT2D eigenvalue weighted by atomic mass is 9.69. The molecule has 0 aromatic heterocycles. The van der Waals surface area contributed by atoms with Crippen molar-refractivity contribution >= 4 is 0 Å². The van der Waals surface area contributed by atoms with E-state index in [4.69, 9.17) is 0 Å². The molecular weight excluding hydrogens is 230 g/mol. The second kappa shape index (κ2) is 8.64. The van der Waals surface area contributed by atoms with Crippen LogP contribution in [0.2, 0.25) is 0 Å². The summed E-state index contributed by atoms with van der Waals surface area (Å²) in [5, 5.41) is 3.64. The molecule has 1 heteroatoms. The van der Waals surface area contributed by atoms with Gasteiger partial charge in [-0.25, -0.2) is 0 Å². The fourth-order valence-electron chi connectivity index (χ4n) is 3.36. The Labute approximate surface area is 120 Å². The van der Waals surface area contributed by atoms with Crippen LogP contribution in [-0.2, 0) is 0 Å². The van der Waals surface area contributed by atoms with Crippen LogP contribution < -0.4 is 5.32 Å². The van der Waals surface area contributed by atoms with Crippen molar-refractivity contribution in [2.45, 2.75) is 72.8 Å². The number of rotatable bonds is 6. The van der Waals surface area contributed by atoms with E-state index in [1.165, 1.54) is 32.2 Å². The van der Waals surface area contributed by atoms with E-state index in [2.05, 4.69) is 44.9 Å². The molecule has 0 spiro atoms. The molecule has 0 bridgehead atoms. The van der Waals surface area contributed by atoms with Crippen LogP contribution in [-0.4, -0.2) is 12.6 Å². The molecule has 0 aromatic carbocycles. The molecule has 0 aliphatic heterocycles. The van der Waals surface area contributed by atoms with Crippen molar-refractivity contribution in [1.29, 1.82) is 0 Å². The summed E-state index contributed by atoms with van der Waals surface area (Å²) in [5.41, 5.74) is 0. The molecule has 1 N–H and O–H groups in total. The summed E-state index contributed by atoms with van der Waals surface area (Å²) in [6.07, 6.45) is 6.65. The monoisotopic (exact) mass is 263 g/mol. The molecule has 0 radical (unpaired) electrons. The maximum absolute atomic E-state index is 3.64. The molecular formula is C18H33N. The van der Waals surface area contributed by atoms with E-state index in [9.17, 15) is 0 Å². The standard InChI is InChI=1S/C18H33N/c1-6-7-8-9-17-12-16(14(2)3)10-11-18(17)13-19-15(4)5/h14-19H,8-13H2,1-5H3. The van der Waals surface area contributed by atoms with Gasteiger partial charge in [0.2, 0.25) is 0 Å². The molecule has 3 atom stereocenters. The van der Waals surface area contributed by atoms with Crippen LogP contribution >= 0.6 is 0 Å². The Morgan fingerprint density at radius 3 is 2.42 bits per heavy atom. The molecule has 1 rings (SSSR count). The molecule has 1 saturated carbocycles. The summed E-state index contributed by atoms with van der Waals surface area (Å²) >= 11 is 0. The van der Waals surface area contributed by atoms with Gasteiger partial charge in [0.1, 0.15) is 0 Å². The number of nitrogens with one attached hydrogen (secondary N) is 1. The third-order valence-electron chi connectivity index (χ3n) is 4.73. The Kier molecular flexibility index (Phi) is 7.54. The second-order valence-corrected chi connectivity index (χ2v) is 6.87. The highest BCUT2D eigenvalue weighted by atomic mass is 14.9. The summed E-state index contributed by atoms with van der Waals surface area (Å²) in [6, 6.07) is 0.610. The Morgan fingerprint density at radius 2 is 1.84 bits per heavy atom. The lowest BCUT2D eigenvalue weighted by Crippen LogP contribution is -2.36. The van der Waals surface area contributed by atoms with E-state index in [0.717, 1.165) is 30.1 Å². The smallest absolute Gasteiger partial charge is 0.00913 e. The van der Waals surface area contributed by atoms with Crippen molar-refractivity contribution in [3.05, 3.63) is 0 Å². The fourth-order valence-corrected chi connectivity index (χ4v) is 3.36. The molecule has 0 saturated heterocycles. The van der Waals surface area contributed by atoms with Gasteiger partial charge >= 0.3 is 0 Å². The first kappa shape index (κ1) is 16.6. The average molecular weight is 263 g/mol. The van der Waals surface area contributed by atoms with Gasteiger partial charge in [-0.05, 0) is 62.8 Å². The SMILES string of the molecule is CC#CCCC1CC(C(C)C)CCC1CNC(C)C. The summed E-state index contributed by atoms with van der Waals surface area (Å²) in [5.74, 6) is 9.84. The molecule has 0 heterocycles. The maximum atomic E-state index is 3.64. The van der Waals surface area contributed by atoms with Gasteiger partial charge in [0.05, 0.1) is 0 Å². The first-order chi connectivity index (χ1) is 9.04. The highest BCUT2D eigenvalue weighted by Crippen LogP contribution is 2.39. The molecule has 19 heavy (non-hydrogen) atoms. The van der Waals surface area contributed by atoms with Crippen LogP contribution in [0.1, 0.15) is 66.7 Å². The van der Waals surface area contributed by atoms with Crippen molar-refractivity contribution in [1.82, 2.24) is 5.32 Å². The third-order valence-corrected chi connectivity index (χ3v) is 4.73. The predicted molar refractivity (Wildman–Crippen MR) is 85.0 cm³/mol. The van der Waals surface area contributed by atoms with Crippen molar-refractivity contribution in [3.63, 3.8) is 0 Å². The Balaban J connectivity index is 2.53. The van der Waals surface area contributed by atoms with Crippen LogP contribution in [0, 0.1) is 35.5 Å². The van der Waals surface area contributed by atoms with E-state index in [1.54, 1.807) is 0 Å². The minimum absolute atomic E-state index is 0.610. The van der Waals surface area contributed by atoms with Gasteiger partial charge in [-0.3, -0.25) is 0 Å². The Hall–Kier alpha value is -0.480. The van der Waals surface area contributed by atoms with Gasteiger partial charge in [-0.15, -0.1) is 11.8 Å². The largest absolute Gasteiger partial charge is 0.314 e. The van der Waals surface area contributed by atoms with Crippen LogP contribution in [0.3, 0.4) is 0 Å². The van der Waals surface area contributed by atoms with E-state index >= 15 is 0 Å². The Morgan fingerprint density at radius 1 is 1.11 bits per heavy atom. The molecule has 0 amide bonds. The van der Waals surface area contributed by atoms with Crippen LogP contribution in [0.4, 0.5) is 0 Å². The van der Waals surface area contributed by atoms with Gasteiger partial charge < -0.3 is 5.32 Å². The number of hydrogen-bond donors (Lipinski definition) is 1. The quantitative estimate of drug-likeness (QED) is 0.697. The topological polar surface area (TPSA) is 12.0 Å². The second-order valence-electron chi connectivity index (χ2n) is 6.87. The number of hydrogen-bond acceptors (Lipinski definition) is 1. The first-order valence-electron chi connectivity index (χ1n) is 8.17. The van der Waals surface area contributed by atoms with Gasteiger partial charge in [0.25, 0.3) is 0 Å². The summed E-state index contributed by atoms with van der Waals surface area (Å²) in [7, 11) is 0. The molecule has 3 unspecified atom stereocenters. The first-order valence-corrected chi connectivity index (χ1v) is 8.17. The van der Waals surface area contributed by atoms with Gasteiger partial charge in [-0.2, -0.15) is 0 Å². The van der Waals surface area contributed by atoms with Crippen LogP contribution in [0.25, 0.3) is 0 Å². The molecule has 1 aliphatic carbocycles.